The van der Waals surface area contributed by atoms with Crippen LogP contribution in [-0.2, 0) is 48.0 Å². The average molecular weight is 912 g/mol. The topological polar surface area (TPSA) is 287 Å². The molecule has 0 aliphatic carbocycles. The van der Waals surface area contributed by atoms with E-state index in [-0.39, 0.29) is 37.9 Å². The lowest BCUT2D eigenvalue weighted by Gasteiger charge is -2.27. The Hall–Kier alpha value is -6.37. The highest BCUT2D eigenvalue weighted by Crippen LogP contribution is 2.21. The van der Waals surface area contributed by atoms with Crippen molar-refractivity contribution in [3.63, 3.8) is 0 Å². The molecule has 0 aliphatic heterocycles. The van der Waals surface area contributed by atoms with Crippen LogP contribution in [0.15, 0.2) is 85.2 Å². The maximum absolute atomic E-state index is 14.4. The first-order valence-corrected chi connectivity index (χ1v) is 23.2. The van der Waals surface area contributed by atoms with Gasteiger partial charge in [-0.2, -0.15) is 11.8 Å². The number of unbranched alkanes of at least 4 members (excludes halogenated alkanes) is 1. The van der Waals surface area contributed by atoms with E-state index in [1.165, 1.54) is 23.9 Å². The first kappa shape index (κ1) is 49.6. The zero-order chi connectivity index (χ0) is 47.0. The molecule has 0 fully saturated rings. The fourth-order valence-corrected chi connectivity index (χ4v) is 8.04. The fourth-order valence-electron chi connectivity index (χ4n) is 7.57. The molecule has 65 heavy (non-hydrogen) atoms. The number of carboxylic acid groups (broad SMARTS) is 1. The molecular weight excluding hydrogens is 851 g/mol. The minimum Gasteiger partial charge on any atom is -0.508 e. The van der Waals surface area contributed by atoms with Gasteiger partial charge in [-0.05, 0) is 97.5 Å². The van der Waals surface area contributed by atoms with Crippen LogP contribution in [0.1, 0.15) is 56.2 Å². The number of carbonyl (C=O) groups is 6. The number of aromatic nitrogens is 2. The van der Waals surface area contributed by atoms with E-state index in [9.17, 15) is 39.0 Å². The number of aromatic amines is 2. The molecule has 0 saturated heterocycles. The number of carbonyl (C=O) groups excluding carboxylic acids is 5. The summed E-state index contributed by atoms with van der Waals surface area (Å²) >= 11 is 1.43. The van der Waals surface area contributed by atoms with Gasteiger partial charge >= 0.3 is 5.97 Å². The van der Waals surface area contributed by atoms with Gasteiger partial charge < -0.3 is 58.2 Å². The summed E-state index contributed by atoms with van der Waals surface area (Å²) in [6.45, 7) is 3.67. The summed E-state index contributed by atoms with van der Waals surface area (Å²) in [5.41, 5.74) is 16.0. The maximum Gasteiger partial charge on any atom is 0.326 e. The minimum atomic E-state index is -1.28. The number of aromatic hydroxyl groups is 1. The molecule has 0 spiro atoms. The number of nitrogens with two attached hydrogens (primary N) is 2. The third-order valence-electron chi connectivity index (χ3n) is 11.2. The molecule has 3 aromatic carbocycles. The van der Waals surface area contributed by atoms with Crippen molar-refractivity contribution < 1.29 is 39.0 Å². The summed E-state index contributed by atoms with van der Waals surface area (Å²) in [6.07, 6.45) is 6.86. The van der Waals surface area contributed by atoms with Crippen LogP contribution in [0.5, 0.6) is 5.75 Å². The minimum absolute atomic E-state index is 0.00253. The molecule has 0 bridgehead atoms. The summed E-state index contributed by atoms with van der Waals surface area (Å²) in [7, 11) is 0. The standard InChI is InChI=1S/C47H61N9O8S/c1-27(2)41(47(63)64)56-46(62)40(24-30-26-51-36-13-7-5-11-33(30)36)55-44(60)38(19-21-65-3)53-45(61)39(22-28-15-17-31(57)18-16-28)54-43(59)37(14-8-9-20-48)52-42(58)34(49)23-29-25-50-35-12-6-4-10-32(29)35/h4-7,10-13,15-18,25-27,34,37-41,50-51,57H,8-9,14,19-24,48-49H2,1-3H3,(H,52,58)(H,53,61)(H,54,59)(H,55,60)(H,56,62)(H,63,64)/t34-,37-,38-,39-,40-,41-/m0/s1. The van der Waals surface area contributed by atoms with Crippen LogP contribution in [-0.4, -0.2) is 110 Å². The maximum atomic E-state index is 14.4. The molecule has 0 unspecified atom stereocenters. The molecule has 0 radical (unpaired) electrons. The van der Waals surface area contributed by atoms with Gasteiger partial charge in [0.15, 0.2) is 0 Å². The number of rotatable bonds is 25. The Bertz CT molecular complexity index is 2400. The molecule has 18 heteroatoms. The van der Waals surface area contributed by atoms with Crippen molar-refractivity contribution in [1.82, 2.24) is 36.6 Å². The van der Waals surface area contributed by atoms with Crippen LogP contribution in [0.4, 0.5) is 0 Å². The lowest BCUT2D eigenvalue weighted by Crippen LogP contribution is -2.60. The van der Waals surface area contributed by atoms with Crippen molar-refractivity contribution in [3.05, 3.63) is 102 Å². The van der Waals surface area contributed by atoms with E-state index < -0.39 is 77.7 Å². The molecule has 5 aromatic rings. The lowest BCUT2D eigenvalue weighted by atomic mass is 10.0. The largest absolute Gasteiger partial charge is 0.508 e. The molecule has 17 nitrogen and oxygen atoms in total. The zero-order valence-corrected chi connectivity index (χ0v) is 37.7. The molecule has 5 rings (SSSR count). The monoisotopic (exact) mass is 911 g/mol. The SMILES string of the molecule is CSCC[C@H](NC(=O)[C@H](Cc1ccc(O)cc1)NC(=O)[C@H](CCCCN)NC(=O)[C@@H](N)Cc1c[nH]c2ccccc12)C(=O)N[C@@H](Cc1c[nH]c2ccccc12)C(=O)N[C@H](C(=O)O)C(C)C. The Morgan fingerprint density at radius 2 is 1.12 bits per heavy atom. The van der Waals surface area contributed by atoms with Crippen molar-refractivity contribution in [2.24, 2.45) is 17.4 Å². The number of hydrogen-bond donors (Lipinski definition) is 11. The summed E-state index contributed by atoms with van der Waals surface area (Å²) in [5.74, 6) is -4.64. The number of H-pyrrole nitrogens is 2. The van der Waals surface area contributed by atoms with E-state index in [4.69, 9.17) is 11.5 Å². The van der Waals surface area contributed by atoms with Gasteiger partial charge in [-0.15, -0.1) is 0 Å². The molecule has 2 aromatic heterocycles. The molecule has 348 valence electrons. The first-order valence-electron chi connectivity index (χ1n) is 21.8. The van der Waals surface area contributed by atoms with Crippen LogP contribution in [0.3, 0.4) is 0 Å². The van der Waals surface area contributed by atoms with Crippen molar-refractivity contribution in [3.8, 4) is 5.75 Å². The quantitative estimate of drug-likeness (QED) is 0.0379. The number of carboxylic acids is 1. The molecular formula is C47H61N9O8S. The Morgan fingerprint density at radius 1 is 0.631 bits per heavy atom. The Kier molecular flexibility index (Phi) is 18.4. The number of phenolic OH excluding ortho intramolecular Hbond substituents is 1. The predicted octanol–water partition coefficient (Wildman–Crippen LogP) is 2.76. The third kappa shape index (κ3) is 14.1. The third-order valence-corrected chi connectivity index (χ3v) is 11.9. The summed E-state index contributed by atoms with van der Waals surface area (Å²) in [6, 6.07) is 14.1. The zero-order valence-electron chi connectivity index (χ0n) is 36.9. The first-order chi connectivity index (χ1) is 31.2. The van der Waals surface area contributed by atoms with E-state index in [0.29, 0.717) is 36.3 Å². The number of nitrogens with one attached hydrogen (secondary N) is 7. The highest BCUT2D eigenvalue weighted by molar-refractivity contribution is 7.98. The Labute approximate surface area is 382 Å². The second-order valence-corrected chi connectivity index (χ2v) is 17.5. The van der Waals surface area contributed by atoms with Gasteiger partial charge in [-0.3, -0.25) is 24.0 Å². The molecule has 5 amide bonds. The van der Waals surface area contributed by atoms with Gasteiger partial charge in [-0.1, -0.05) is 62.4 Å². The van der Waals surface area contributed by atoms with Crippen LogP contribution < -0.4 is 38.1 Å². The van der Waals surface area contributed by atoms with Gasteiger partial charge in [0.25, 0.3) is 0 Å². The fraction of sp³-hybridized carbons (Fsp3) is 0.404. The van der Waals surface area contributed by atoms with Gasteiger partial charge in [-0.25, -0.2) is 4.79 Å². The van der Waals surface area contributed by atoms with E-state index in [1.54, 1.807) is 38.4 Å². The highest BCUT2D eigenvalue weighted by atomic mass is 32.2. The van der Waals surface area contributed by atoms with Crippen molar-refractivity contribution >= 4 is 69.1 Å². The van der Waals surface area contributed by atoms with E-state index >= 15 is 0 Å². The second kappa shape index (κ2) is 24.1. The van der Waals surface area contributed by atoms with Crippen molar-refractivity contribution in [1.29, 1.82) is 0 Å². The molecule has 2 heterocycles. The summed E-state index contributed by atoms with van der Waals surface area (Å²) in [4.78, 5) is 88.8. The van der Waals surface area contributed by atoms with Crippen LogP contribution in [0, 0.1) is 5.92 Å². The van der Waals surface area contributed by atoms with Gasteiger partial charge in [0.2, 0.25) is 29.5 Å². The van der Waals surface area contributed by atoms with Crippen LogP contribution >= 0.6 is 11.8 Å². The molecule has 0 aliphatic rings. The summed E-state index contributed by atoms with van der Waals surface area (Å²) in [5, 5.41) is 35.3. The van der Waals surface area contributed by atoms with Crippen molar-refractivity contribution in [2.45, 2.75) is 95.0 Å². The number of benzene rings is 3. The van der Waals surface area contributed by atoms with Crippen LogP contribution in [0.2, 0.25) is 0 Å². The average Bonchev–Trinajstić information content (AvgIpc) is 3.89. The number of thioether (sulfide) groups is 1. The van der Waals surface area contributed by atoms with Gasteiger partial charge in [0.1, 0.15) is 36.0 Å². The number of fused-ring (bicyclic) bond motifs is 2. The second-order valence-electron chi connectivity index (χ2n) is 16.5. The predicted molar refractivity (Wildman–Crippen MR) is 252 cm³/mol. The molecule has 13 N–H and O–H groups in total. The van der Waals surface area contributed by atoms with Gasteiger partial charge in [0.05, 0.1) is 6.04 Å². The lowest BCUT2D eigenvalue weighted by molar-refractivity contribution is -0.143. The normalized spacial score (nSPS) is 14.2. The smallest absolute Gasteiger partial charge is 0.326 e. The summed E-state index contributed by atoms with van der Waals surface area (Å²) < 4.78 is 0. The number of para-hydroxylation sites is 2. The highest BCUT2D eigenvalue weighted by Gasteiger charge is 2.34. The Balaban J connectivity index is 1.37. The number of amides is 5. The van der Waals surface area contributed by atoms with Crippen molar-refractivity contribution in [2.75, 3.05) is 18.6 Å². The van der Waals surface area contributed by atoms with Gasteiger partial charge in [0, 0.05) is 47.0 Å². The number of phenols is 1. The number of aliphatic carboxylic acids is 1. The molecule has 0 saturated carbocycles. The number of hydrogen-bond acceptors (Lipinski definition) is 10. The van der Waals surface area contributed by atoms with E-state index in [0.717, 1.165) is 27.4 Å². The van der Waals surface area contributed by atoms with E-state index in [1.807, 2.05) is 54.8 Å². The van der Waals surface area contributed by atoms with Crippen LogP contribution in [0.25, 0.3) is 21.8 Å². The Morgan fingerprint density at radius 3 is 1.68 bits per heavy atom. The van der Waals surface area contributed by atoms with E-state index in [2.05, 4.69) is 36.6 Å². The molecule has 6 atom stereocenters.